The molecule has 1 aliphatic carbocycles. The molecule has 1 fully saturated rings. The van der Waals surface area contributed by atoms with Gasteiger partial charge in [0.1, 0.15) is 0 Å². The van der Waals surface area contributed by atoms with E-state index in [2.05, 4.69) is 11.7 Å². The summed E-state index contributed by atoms with van der Waals surface area (Å²) in [6.07, 6.45) is 8.33. The summed E-state index contributed by atoms with van der Waals surface area (Å²) < 4.78 is 9.84. The average Bonchev–Trinajstić information content (AvgIpc) is 2.43. The molecule has 4 nitrogen and oxygen atoms in total. The quantitative estimate of drug-likeness (QED) is 0.367. The van der Waals surface area contributed by atoms with Gasteiger partial charge in [0.15, 0.2) is 0 Å². The molecule has 0 aromatic heterocycles. The largest absolute Gasteiger partial charge is 0.468 e. The first-order chi connectivity index (χ1) is 9.27. The Bertz CT molecular complexity index is 257. The monoisotopic (exact) mass is 270 g/mol. The third kappa shape index (κ3) is 6.60. The minimum atomic E-state index is -0.0359. The summed E-state index contributed by atoms with van der Waals surface area (Å²) in [5.74, 6) is 0.889. The van der Waals surface area contributed by atoms with Crippen LogP contribution < -0.4 is 0 Å². The first-order valence-corrected chi connectivity index (χ1v) is 7.49. The van der Waals surface area contributed by atoms with E-state index in [0.717, 1.165) is 31.6 Å². The summed E-state index contributed by atoms with van der Waals surface area (Å²) in [6.45, 7) is 3.51. The Morgan fingerprint density at radius 3 is 2.47 bits per heavy atom. The zero-order valence-corrected chi connectivity index (χ0v) is 11.9. The number of carbonyl (C=O) groups excluding carboxylic acids is 2. The lowest BCUT2D eigenvalue weighted by atomic mass is 9.80. The number of ether oxygens (including phenoxy) is 2. The van der Waals surface area contributed by atoms with Crippen LogP contribution in [-0.4, -0.2) is 25.7 Å². The Balaban J connectivity index is 2.05. The third-order valence-electron chi connectivity index (χ3n) is 3.85. The molecular formula is C15H26O4. The Labute approximate surface area is 115 Å². The third-order valence-corrected chi connectivity index (χ3v) is 3.85. The molecule has 0 unspecified atom stereocenters. The predicted octanol–water partition coefficient (Wildman–Crippen LogP) is 3.09. The van der Waals surface area contributed by atoms with E-state index in [0.29, 0.717) is 19.7 Å². The standard InChI is InChI=1S/C15H26O4/c1-2-5-13-6-8-14(9-7-13)15(17)19-11-4-3-10-18-12-16/h12-14H,2-11H2,1H3. The molecule has 1 aliphatic rings. The molecule has 1 rings (SSSR count). The Kier molecular flexibility index (Phi) is 8.26. The molecule has 0 saturated heterocycles. The number of rotatable bonds is 9. The van der Waals surface area contributed by atoms with Gasteiger partial charge in [-0.2, -0.15) is 0 Å². The molecule has 0 aromatic carbocycles. The van der Waals surface area contributed by atoms with Gasteiger partial charge in [0.25, 0.3) is 6.47 Å². The molecule has 0 aliphatic heterocycles. The molecule has 1 saturated carbocycles. The van der Waals surface area contributed by atoms with Crippen LogP contribution >= 0.6 is 0 Å². The van der Waals surface area contributed by atoms with E-state index in [9.17, 15) is 9.59 Å². The molecular weight excluding hydrogens is 244 g/mol. The highest BCUT2D eigenvalue weighted by Gasteiger charge is 2.26. The first-order valence-electron chi connectivity index (χ1n) is 7.49. The van der Waals surface area contributed by atoms with E-state index >= 15 is 0 Å². The number of unbranched alkanes of at least 4 members (excludes halogenated alkanes) is 1. The summed E-state index contributed by atoms with van der Waals surface area (Å²) in [4.78, 5) is 21.8. The molecule has 0 atom stereocenters. The maximum atomic E-state index is 11.8. The van der Waals surface area contributed by atoms with Crippen LogP contribution in [0, 0.1) is 11.8 Å². The highest BCUT2D eigenvalue weighted by molar-refractivity contribution is 5.72. The topological polar surface area (TPSA) is 52.6 Å². The molecule has 0 radical (unpaired) electrons. The van der Waals surface area contributed by atoms with Crippen LogP contribution in [0.15, 0.2) is 0 Å². The lowest BCUT2D eigenvalue weighted by Gasteiger charge is -2.26. The molecule has 0 bridgehead atoms. The van der Waals surface area contributed by atoms with Crippen molar-refractivity contribution in [2.24, 2.45) is 11.8 Å². The maximum Gasteiger partial charge on any atom is 0.308 e. The molecule has 0 aromatic rings. The van der Waals surface area contributed by atoms with Crippen molar-refractivity contribution in [3.8, 4) is 0 Å². The van der Waals surface area contributed by atoms with Crippen molar-refractivity contribution in [3.63, 3.8) is 0 Å². The fraction of sp³-hybridized carbons (Fsp3) is 0.867. The Morgan fingerprint density at radius 1 is 1.16 bits per heavy atom. The summed E-state index contributed by atoms with van der Waals surface area (Å²) in [6, 6.07) is 0. The van der Waals surface area contributed by atoms with E-state index in [1.54, 1.807) is 0 Å². The molecule has 0 N–H and O–H groups in total. The zero-order chi connectivity index (χ0) is 13.9. The van der Waals surface area contributed by atoms with Crippen molar-refractivity contribution in [1.82, 2.24) is 0 Å². The van der Waals surface area contributed by atoms with Gasteiger partial charge >= 0.3 is 5.97 Å². The lowest BCUT2D eigenvalue weighted by Crippen LogP contribution is -2.24. The van der Waals surface area contributed by atoms with Gasteiger partial charge < -0.3 is 9.47 Å². The summed E-state index contributed by atoms with van der Waals surface area (Å²) in [5, 5.41) is 0. The molecule has 19 heavy (non-hydrogen) atoms. The van der Waals surface area contributed by atoms with Gasteiger partial charge in [-0.05, 0) is 44.4 Å². The smallest absolute Gasteiger partial charge is 0.308 e. The summed E-state index contributed by atoms with van der Waals surface area (Å²) in [5.41, 5.74) is 0. The van der Waals surface area contributed by atoms with E-state index in [1.807, 2.05) is 0 Å². The normalized spacial score (nSPS) is 22.8. The van der Waals surface area contributed by atoms with Crippen molar-refractivity contribution in [1.29, 1.82) is 0 Å². The molecule has 110 valence electrons. The van der Waals surface area contributed by atoms with Crippen LogP contribution in [0.25, 0.3) is 0 Å². The number of hydrogen-bond acceptors (Lipinski definition) is 4. The number of hydrogen-bond donors (Lipinski definition) is 0. The molecule has 0 amide bonds. The van der Waals surface area contributed by atoms with Crippen LogP contribution in [0.2, 0.25) is 0 Å². The first kappa shape index (κ1) is 16.0. The minimum absolute atomic E-state index is 0.0359. The highest BCUT2D eigenvalue weighted by atomic mass is 16.5. The van der Waals surface area contributed by atoms with E-state index in [-0.39, 0.29) is 11.9 Å². The second-order valence-electron chi connectivity index (χ2n) is 5.35. The van der Waals surface area contributed by atoms with Gasteiger partial charge in [-0.3, -0.25) is 9.59 Å². The zero-order valence-electron chi connectivity index (χ0n) is 11.9. The highest BCUT2D eigenvalue weighted by Crippen LogP contribution is 2.32. The number of esters is 1. The fourth-order valence-corrected chi connectivity index (χ4v) is 2.72. The molecule has 0 heterocycles. The van der Waals surface area contributed by atoms with E-state index in [1.165, 1.54) is 25.7 Å². The Morgan fingerprint density at radius 2 is 1.84 bits per heavy atom. The van der Waals surface area contributed by atoms with Gasteiger partial charge in [-0.1, -0.05) is 19.8 Å². The van der Waals surface area contributed by atoms with Crippen LogP contribution in [-0.2, 0) is 19.1 Å². The van der Waals surface area contributed by atoms with Crippen molar-refractivity contribution in [2.75, 3.05) is 13.2 Å². The van der Waals surface area contributed by atoms with Crippen LogP contribution in [0.1, 0.15) is 58.3 Å². The van der Waals surface area contributed by atoms with Crippen molar-refractivity contribution >= 4 is 12.4 Å². The SMILES string of the molecule is CCCC1CCC(C(=O)OCCCCOC=O)CC1. The van der Waals surface area contributed by atoms with Gasteiger partial charge in [0.05, 0.1) is 19.1 Å². The van der Waals surface area contributed by atoms with Crippen molar-refractivity contribution in [3.05, 3.63) is 0 Å². The van der Waals surface area contributed by atoms with Crippen LogP contribution in [0.4, 0.5) is 0 Å². The summed E-state index contributed by atoms with van der Waals surface area (Å²) >= 11 is 0. The number of carbonyl (C=O) groups is 2. The minimum Gasteiger partial charge on any atom is -0.468 e. The average molecular weight is 270 g/mol. The van der Waals surface area contributed by atoms with Crippen LogP contribution in [0.3, 0.4) is 0 Å². The van der Waals surface area contributed by atoms with Gasteiger partial charge in [-0.25, -0.2) is 0 Å². The van der Waals surface area contributed by atoms with Crippen LogP contribution in [0.5, 0.6) is 0 Å². The summed E-state index contributed by atoms with van der Waals surface area (Å²) in [7, 11) is 0. The fourth-order valence-electron chi connectivity index (χ4n) is 2.72. The second kappa shape index (κ2) is 9.82. The maximum absolute atomic E-state index is 11.8. The Hall–Kier alpha value is -1.06. The second-order valence-corrected chi connectivity index (χ2v) is 5.35. The molecule has 0 spiro atoms. The van der Waals surface area contributed by atoms with Gasteiger partial charge in [-0.15, -0.1) is 0 Å². The van der Waals surface area contributed by atoms with Crippen molar-refractivity contribution < 1.29 is 19.1 Å². The van der Waals surface area contributed by atoms with E-state index in [4.69, 9.17) is 4.74 Å². The van der Waals surface area contributed by atoms with Gasteiger partial charge in [0, 0.05) is 0 Å². The lowest BCUT2D eigenvalue weighted by molar-refractivity contribution is -0.150. The van der Waals surface area contributed by atoms with E-state index < -0.39 is 0 Å². The molecule has 4 heteroatoms. The van der Waals surface area contributed by atoms with Crippen molar-refractivity contribution in [2.45, 2.75) is 58.3 Å². The predicted molar refractivity (Wildman–Crippen MR) is 72.6 cm³/mol. The van der Waals surface area contributed by atoms with Gasteiger partial charge in [0.2, 0.25) is 0 Å².